The molecular weight excluding hydrogens is 254 g/mol. The number of hydrogen-bond acceptors (Lipinski definition) is 3. The minimum Gasteiger partial charge on any atom is -0.361 e. The number of nitrogens with one attached hydrogen (secondary N) is 1. The third-order valence-corrected chi connectivity index (χ3v) is 2.51. The lowest BCUT2D eigenvalue weighted by molar-refractivity contribution is 0.0949. The molecule has 0 atom stereocenters. The molecule has 0 saturated carbocycles. The Morgan fingerprint density at radius 3 is 2.79 bits per heavy atom. The first-order valence-electron chi connectivity index (χ1n) is 5.71. The monoisotopic (exact) mass is 266 g/mol. The zero-order chi connectivity index (χ0) is 13.8. The van der Waals surface area contributed by atoms with Crippen molar-refractivity contribution in [2.24, 2.45) is 0 Å². The van der Waals surface area contributed by atoms with Crippen LogP contribution in [0.15, 0.2) is 28.8 Å². The van der Waals surface area contributed by atoms with Gasteiger partial charge in [0.25, 0.3) is 5.91 Å². The highest BCUT2D eigenvalue weighted by molar-refractivity contribution is 5.94. The molecule has 0 saturated heterocycles. The molecule has 0 bridgehead atoms. The predicted molar refractivity (Wildman–Crippen MR) is 63.6 cm³/mol. The summed E-state index contributed by atoms with van der Waals surface area (Å²) in [6.07, 6.45) is 0.454. The molecule has 1 heterocycles. The minimum absolute atomic E-state index is 0.185. The fourth-order valence-electron chi connectivity index (χ4n) is 1.60. The third kappa shape index (κ3) is 3.37. The first-order chi connectivity index (χ1) is 9.06. The quantitative estimate of drug-likeness (QED) is 0.923. The van der Waals surface area contributed by atoms with E-state index in [-0.39, 0.29) is 12.1 Å². The van der Waals surface area contributed by atoms with Crippen molar-refractivity contribution in [1.29, 1.82) is 0 Å². The molecule has 19 heavy (non-hydrogen) atoms. The highest BCUT2D eigenvalue weighted by atomic mass is 19.1. The minimum atomic E-state index is -0.881. The molecule has 6 heteroatoms. The van der Waals surface area contributed by atoms with Crippen molar-refractivity contribution in [3.63, 3.8) is 0 Å². The summed E-state index contributed by atoms with van der Waals surface area (Å²) in [4.78, 5) is 11.7. The topological polar surface area (TPSA) is 55.1 Å². The molecular formula is C13H12F2N2O2. The Morgan fingerprint density at radius 2 is 2.16 bits per heavy atom. The van der Waals surface area contributed by atoms with Crippen molar-refractivity contribution in [3.8, 4) is 0 Å². The molecule has 2 rings (SSSR count). The Kier molecular flexibility index (Phi) is 3.89. The third-order valence-electron chi connectivity index (χ3n) is 2.51. The summed E-state index contributed by atoms with van der Waals surface area (Å²) in [7, 11) is 0. The van der Waals surface area contributed by atoms with Crippen LogP contribution in [0.3, 0.4) is 0 Å². The molecule has 2 aromatic rings. The standard InChI is InChI=1S/C13H12F2N2O2/c1-8-6-10(19-17-8)4-5-16-13(18)11-3-2-9(14)7-12(11)15/h2-3,6-7H,4-5H2,1H3,(H,16,18). The van der Waals surface area contributed by atoms with Gasteiger partial charge in [0.15, 0.2) is 0 Å². The number of aryl methyl sites for hydroxylation is 1. The van der Waals surface area contributed by atoms with Crippen molar-refractivity contribution in [1.82, 2.24) is 10.5 Å². The molecule has 1 aromatic heterocycles. The van der Waals surface area contributed by atoms with Gasteiger partial charge in [-0.05, 0) is 19.1 Å². The van der Waals surface area contributed by atoms with Crippen molar-refractivity contribution in [3.05, 3.63) is 52.9 Å². The number of nitrogens with zero attached hydrogens (tertiary/aromatic N) is 1. The Morgan fingerprint density at radius 1 is 1.37 bits per heavy atom. The van der Waals surface area contributed by atoms with Gasteiger partial charge in [0, 0.05) is 25.1 Å². The summed E-state index contributed by atoms with van der Waals surface area (Å²) < 4.78 is 31.0. The number of benzene rings is 1. The summed E-state index contributed by atoms with van der Waals surface area (Å²) in [5.74, 6) is -1.55. The Balaban J connectivity index is 1.90. The van der Waals surface area contributed by atoms with Crippen LogP contribution in [0.2, 0.25) is 0 Å². The molecule has 0 unspecified atom stereocenters. The van der Waals surface area contributed by atoms with Gasteiger partial charge >= 0.3 is 0 Å². The normalized spacial score (nSPS) is 10.5. The highest BCUT2D eigenvalue weighted by Gasteiger charge is 2.12. The second-order valence-electron chi connectivity index (χ2n) is 4.06. The first-order valence-corrected chi connectivity index (χ1v) is 5.71. The zero-order valence-corrected chi connectivity index (χ0v) is 10.2. The van der Waals surface area contributed by atoms with Crippen LogP contribution in [-0.2, 0) is 6.42 Å². The Bertz CT molecular complexity index is 596. The van der Waals surface area contributed by atoms with E-state index in [0.29, 0.717) is 18.2 Å². The molecule has 0 aliphatic carbocycles. The average Bonchev–Trinajstić information content (AvgIpc) is 2.75. The van der Waals surface area contributed by atoms with Crippen LogP contribution in [0.1, 0.15) is 21.8 Å². The second-order valence-corrected chi connectivity index (χ2v) is 4.06. The van der Waals surface area contributed by atoms with Gasteiger partial charge < -0.3 is 9.84 Å². The van der Waals surface area contributed by atoms with Gasteiger partial charge in [-0.15, -0.1) is 0 Å². The van der Waals surface area contributed by atoms with E-state index >= 15 is 0 Å². The van der Waals surface area contributed by atoms with Crippen molar-refractivity contribution in [2.45, 2.75) is 13.3 Å². The Labute approximate surface area is 108 Å². The van der Waals surface area contributed by atoms with Gasteiger partial charge in [-0.25, -0.2) is 8.78 Å². The first kappa shape index (κ1) is 13.2. The van der Waals surface area contributed by atoms with Crippen LogP contribution in [0, 0.1) is 18.6 Å². The van der Waals surface area contributed by atoms with Crippen LogP contribution in [0.5, 0.6) is 0 Å². The van der Waals surface area contributed by atoms with Crippen LogP contribution in [0.4, 0.5) is 8.78 Å². The molecule has 1 N–H and O–H groups in total. The van der Waals surface area contributed by atoms with Crippen LogP contribution < -0.4 is 5.32 Å². The van der Waals surface area contributed by atoms with Gasteiger partial charge in [-0.3, -0.25) is 4.79 Å². The summed E-state index contributed by atoms with van der Waals surface area (Å²) in [5.41, 5.74) is 0.570. The van der Waals surface area contributed by atoms with Gasteiger partial charge in [-0.2, -0.15) is 0 Å². The smallest absolute Gasteiger partial charge is 0.254 e. The van der Waals surface area contributed by atoms with E-state index in [4.69, 9.17) is 4.52 Å². The summed E-state index contributed by atoms with van der Waals surface area (Å²) in [5, 5.41) is 6.23. The molecule has 4 nitrogen and oxygen atoms in total. The maximum Gasteiger partial charge on any atom is 0.254 e. The van der Waals surface area contributed by atoms with E-state index in [1.165, 1.54) is 0 Å². The SMILES string of the molecule is Cc1cc(CCNC(=O)c2ccc(F)cc2F)on1. The maximum atomic E-state index is 13.3. The molecule has 0 fully saturated rings. The van der Waals surface area contributed by atoms with Gasteiger partial charge in [0.05, 0.1) is 11.3 Å². The van der Waals surface area contributed by atoms with Crippen molar-refractivity contribution < 1.29 is 18.1 Å². The number of hydrogen-bond donors (Lipinski definition) is 1. The largest absolute Gasteiger partial charge is 0.361 e. The Hall–Kier alpha value is -2.24. The zero-order valence-electron chi connectivity index (χ0n) is 10.2. The van der Waals surface area contributed by atoms with E-state index in [9.17, 15) is 13.6 Å². The van der Waals surface area contributed by atoms with Crippen molar-refractivity contribution in [2.75, 3.05) is 6.54 Å². The molecule has 0 radical (unpaired) electrons. The second kappa shape index (κ2) is 5.60. The van der Waals surface area contributed by atoms with Gasteiger partial charge in [-0.1, -0.05) is 5.16 Å². The van der Waals surface area contributed by atoms with Crippen LogP contribution in [0.25, 0.3) is 0 Å². The molecule has 0 aliphatic rings. The number of halogens is 2. The lowest BCUT2D eigenvalue weighted by Crippen LogP contribution is -2.26. The number of rotatable bonds is 4. The highest BCUT2D eigenvalue weighted by Crippen LogP contribution is 2.09. The molecule has 100 valence electrons. The fraction of sp³-hybridized carbons (Fsp3) is 0.231. The summed E-state index contributed by atoms with van der Waals surface area (Å²) in [6, 6.07) is 4.58. The van der Waals surface area contributed by atoms with Gasteiger partial charge in [0.1, 0.15) is 17.4 Å². The summed E-state index contributed by atoms with van der Waals surface area (Å²) >= 11 is 0. The fourth-order valence-corrected chi connectivity index (χ4v) is 1.60. The van der Waals surface area contributed by atoms with E-state index in [2.05, 4.69) is 10.5 Å². The number of carbonyl (C=O) groups excluding carboxylic acids is 1. The average molecular weight is 266 g/mol. The van der Waals surface area contributed by atoms with Crippen LogP contribution >= 0.6 is 0 Å². The van der Waals surface area contributed by atoms with E-state index in [1.807, 2.05) is 0 Å². The number of carbonyl (C=O) groups is 1. The molecule has 1 amide bonds. The number of amides is 1. The molecule has 0 aliphatic heterocycles. The molecule has 0 spiro atoms. The van der Waals surface area contributed by atoms with Crippen molar-refractivity contribution >= 4 is 5.91 Å². The van der Waals surface area contributed by atoms with E-state index in [1.54, 1.807) is 13.0 Å². The lowest BCUT2D eigenvalue weighted by atomic mass is 10.2. The van der Waals surface area contributed by atoms with E-state index in [0.717, 1.165) is 17.8 Å². The van der Waals surface area contributed by atoms with Crippen LogP contribution in [-0.4, -0.2) is 17.6 Å². The molecule has 1 aromatic carbocycles. The number of aromatic nitrogens is 1. The van der Waals surface area contributed by atoms with E-state index < -0.39 is 17.5 Å². The predicted octanol–water partition coefficient (Wildman–Crippen LogP) is 2.23. The van der Waals surface area contributed by atoms with Gasteiger partial charge in [0.2, 0.25) is 0 Å². The lowest BCUT2D eigenvalue weighted by Gasteiger charge is -2.04. The maximum absolute atomic E-state index is 13.3. The summed E-state index contributed by atoms with van der Waals surface area (Å²) in [6.45, 7) is 2.07.